The summed E-state index contributed by atoms with van der Waals surface area (Å²) < 4.78 is 0. The summed E-state index contributed by atoms with van der Waals surface area (Å²) in [7, 11) is 0. The van der Waals surface area contributed by atoms with Crippen LogP contribution in [0.3, 0.4) is 0 Å². The van der Waals surface area contributed by atoms with E-state index in [0.29, 0.717) is 0 Å². The number of aryl methyl sites for hydroxylation is 1. The number of carbonyl (C=O) groups is 1. The molecule has 3 N–H and O–H groups in total. The largest absolute Gasteiger partial charge is 0.338 e. The number of amides is 2. The van der Waals surface area contributed by atoms with Crippen LogP contribution in [0.4, 0.5) is 10.5 Å². The maximum Gasteiger partial charge on any atom is 0.319 e. The van der Waals surface area contributed by atoms with E-state index in [4.69, 9.17) is 0 Å². The van der Waals surface area contributed by atoms with Gasteiger partial charge in [-0.1, -0.05) is 42.5 Å². The molecule has 1 saturated heterocycles. The fraction of sp³-hybridized carbons (Fsp3) is 0.435. The second-order valence-corrected chi connectivity index (χ2v) is 7.67. The Morgan fingerprint density at radius 3 is 2.48 bits per heavy atom. The van der Waals surface area contributed by atoms with Gasteiger partial charge in [-0.2, -0.15) is 0 Å². The van der Waals surface area contributed by atoms with Gasteiger partial charge >= 0.3 is 6.03 Å². The molecule has 144 valence electrons. The van der Waals surface area contributed by atoms with Crippen molar-refractivity contribution in [3.8, 4) is 0 Å². The van der Waals surface area contributed by atoms with Crippen molar-refractivity contribution in [3.63, 3.8) is 0 Å². The molecule has 4 nitrogen and oxygen atoms in total. The maximum atomic E-state index is 11.9. The zero-order chi connectivity index (χ0) is 18.9. The fourth-order valence-corrected chi connectivity index (χ4v) is 3.93. The van der Waals surface area contributed by atoms with Crippen LogP contribution in [0.15, 0.2) is 54.6 Å². The third-order valence-electron chi connectivity index (χ3n) is 5.61. The predicted molar refractivity (Wildman–Crippen MR) is 111 cm³/mol. The molecule has 4 heteroatoms. The van der Waals surface area contributed by atoms with Gasteiger partial charge in [0.25, 0.3) is 0 Å². The predicted octanol–water partition coefficient (Wildman–Crippen LogP) is 3.04. The number of rotatable bonds is 7. The number of para-hydroxylation sites is 1. The molecule has 0 atom stereocenters. The van der Waals surface area contributed by atoms with Gasteiger partial charge in [0, 0.05) is 18.7 Å². The molecule has 2 aromatic carbocycles. The van der Waals surface area contributed by atoms with Crippen molar-refractivity contribution in [3.05, 3.63) is 65.7 Å². The second kappa shape index (κ2) is 10.1. The molecule has 1 aliphatic heterocycles. The van der Waals surface area contributed by atoms with E-state index in [-0.39, 0.29) is 6.03 Å². The zero-order valence-electron chi connectivity index (χ0n) is 16.3. The lowest BCUT2D eigenvalue weighted by molar-refractivity contribution is -0.906. The van der Waals surface area contributed by atoms with Crippen molar-refractivity contribution in [2.75, 3.05) is 31.5 Å². The molecule has 1 heterocycles. The molecule has 0 unspecified atom stereocenters. The third kappa shape index (κ3) is 6.40. The minimum Gasteiger partial charge on any atom is -0.338 e. The molecule has 1 fully saturated rings. The van der Waals surface area contributed by atoms with Crippen molar-refractivity contribution in [2.45, 2.75) is 32.6 Å². The highest BCUT2D eigenvalue weighted by Gasteiger charge is 2.22. The van der Waals surface area contributed by atoms with Crippen LogP contribution < -0.4 is 15.5 Å². The van der Waals surface area contributed by atoms with E-state index in [1.165, 1.54) is 43.5 Å². The van der Waals surface area contributed by atoms with E-state index in [9.17, 15) is 4.79 Å². The zero-order valence-corrected chi connectivity index (χ0v) is 16.3. The Bertz CT molecular complexity index is 709. The highest BCUT2D eigenvalue weighted by molar-refractivity contribution is 5.89. The van der Waals surface area contributed by atoms with Gasteiger partial charge in [-0.05, 0) is 55.4 Å². The molecule has 2 amide bonds. The fourth-order valence-electron chi connectivity index (χ4n) is 3.93. The topological polar surface area (TPSA) is 45.6 Å². The van der Waals surface area contributed by atoms with Crippen LogP contribution in [0, 0.1) is 12.8 Å². The van der Waals surface area contributed by atoms with E-state index in [1.54, 1.807) is 4.90 Å². The monoisotopic (exact) mass is 366 g/mol. The first-order valence-electron chi connectivity index (χ1n) is 10.2. The van der Waals surface area contributed by atoms with Crippen LogP contribution in [-0.2, 0) is 6.42 Å². The quantitative estimate of drug-likeness (QED) is 0.648. The van der Waals surface area contributed by atoms with Gasteiger partial charge in [0.15, 0.2) is 0 Å². The lowest BCUT2D eigenvalue weighted by atomic mass is 9.88. The SMILES string of the molecule is Cc1ccccc1CC1CC[NH+](CCCNC(=O)Nc2ccccc2)CC1. The van der Waals surface area contributed by atoms with Crippen LogP contribution in [0.25, 0.3) is 0 Å². The molecule has 1 aliphatic rings. The summed E-state index contributed by atoms with van der Waals surface area (Å²) in [6.45, 7) is 6.60. The molecule has 3 rings (SSSR count). The number of carbonyl (C=O) groups excluding carboxylic acids is 1. The molecule has 0 aromatic heterocycles. The van der Waals surface area contributed by atoms with Crippen LogP contribution in [0.1, 0.15) is 30.4 Å². The van der Waals surface area contributed by atoms with Crippen LogP contribution in [-0.4, -0.2) is 32.2 Å². The van der Waals surface area contributed by atoms with Crippen LogP contribution in [0.5, 0.6) is 0 Å². The van der Waals surface area contributed by atoms with Crippen LogP contribution >= 0.6 is 0 Å². The number of nitrogens with one attached hydrogen (secondary N) is 3. The number of quaternary nitrogens is 1. The summed E-state index contributed by atoms with van der Waals surface area (Å²) >= 11 is 0. The summed E-state index contributed by atoms with van der Waals surface area (Å²) in [6, 6.07) is 18.2. The Labute approximate surface area is 163 Å². The molecule has 0 saturated carbocycles. The molecular weight excluding hydrogens is 334 g/mol. The van der Waals surface area contributed by atoms with E-state index in [2.05, 4.69) is 41.8 Å². The average molecular weight is 367 g/mol. The van der Waals surface area contributed by atoms with Gasteiger partial charge in [-0.15, -0.1) is 0 Å². The number of likely N-dealkylation sites (tertiary alicyclic amines) is 1. The molecule has 0 bridgehead atoms. The molecular formula is C23H32N3O+. The summed E-state index contributed by atoms with van der Waals surface area (Å²) in [5.41, 5.74) is 3.77. The average Bonchev–Trinajstić information content (AvgIpc) is 2.69. The first-order chi connectivity index (χ1) is 13.2. The van der Waals surface area contributed by atoms with Crippen molar-refractivity contribution >= 4 is 11.7 Å². The number of hydrogen-bond donors (Lipinski definition) is 3. The van der Waals surface area contributed by atoms with Gasteiger partial charge in [0.2, 0.25) is 0 Å². The normalized spacial score (nSPS) is 19.4. The Kier molecular flexibility index (Phi) is 7.28. The van der Waals surface area contributed by atoms with Crippen LogP contribution in [0.2, 0.25) is 0 Å². The van der Waals surface area contributed by atoms with Crippen molar-refractivity contribution in [2.24, 2.45) is 5.92 Å². The van der Waals surface area contributed by atoms with E-state index in [0.717, 1.165) is 31.1 Å². The summed E-state index contributed by atoms with van der Waals surface area (Å²) in [5, 5.41) is 5.81. The minimum atomic E-state index is -0.117. The first kappa shape index (κ1) is 19.4. The van der Waals surface area contributed by atoms with Gasteiger partial charge in [-0.3, -0.25) is 0 Å². The highest BCUT2D eigenvalue weighted by Crippen LogP contribution is 2.19. The van der Waals surface area contributed by atoms with E-state index < -0.39 is 0 Å². The highest BCUT2D eigenvalue weighted by atomic mass is 16.2. The van der Waals surface area contributed by atoms with Gasteiger partial charge in [-0.25, -0.2) is 4.79 Å². The van der Waals surface area contributed by atoms with Crippen molar-refractivity contribution in [1.29, 1.82) is 0 Å². The second-order valence-electron chi connectivity index (χ2n) is 7.67. The summed E-state index contributed by atoms with van der Waals surface area (Å²) in [4.78, 5) is 13.6. The summed E-state index contributed by atoms with van der Waals surface area (Å²) in [5.74, 6) is 0.824. The van der Waals surface area contributed by atoms with Crippen molar-refractivity contribution < 1.29 is 9.69 Å². The number of urea groups is 1. The summed E-state index contributed by atoms with van der Waals surface area (Å²) in [6.07, 6.45) is 4.87. The van der Waals surface area contributed by atoms with E-state index >= 15 is 0 Å². The number of benzene rings is 2. The number of piperidine rings is 1. The lowest BCUT2D eigenvalue weighted by Gasteiger charge is -2.29. The molecule has 0 radical (unpaired) electrons. The Morgan fingerprint density at radius 2 is 1.74 bits per heavy atom. The molecule has 0 aliphatic carbocycles. The molecule has 2 aromatic rings. The minimum absolute atomic E-state index is 0.117. The molecule has 27 heavy (non-hydrogen) atoms. The van der Waals surface area contributed by atoms with Gasteiger partial charge in [0.05, 0.1) is 19.6 Å². The lowest BCUT2D eigenvalue weighted by Crippen LogP contribution is -3.13. The Balaban J connectivity index is 1.28. The standard InChI is InChI=1S/C23H31N3O/c1-19-8-5-6-9-21(19)18-20-12-16-26(17-13-20)15-7-14-24-23(27)25-22-10-3-2-4-11-22/h2-6,8-11,20H,7,12-18H2,1H3,(H2,24,25,27)/p+1. The third-order valence-corrected chi connectivity index (χ3v) is 5.61. The van der Waals surface area contributed by atoms with Crippen molar-refractivity contribution in [1.82, 2.24) is 5.32 Å². The number of hydrogen-bond acceptors (Lipinski definition) is 1. The smallest absolute Gasteiger partial charge is 0.319 e. The maximum absolute atomic E-state index is 11.9. The Morgan fingerprint density at radius 1 is 1.04 bits per heavy atom. The van der Waals surface area contributed by atoms with Gasteiger partial charge in [0.1, 0.15) is 0 Å². The molecule has 0 spiro atoms. The first-order valence-corrected chi connectivity index (χ1v) is 10.2. The number of anilines is 1. The van der Waals surface area contributed by atoms with Gasteiger partial charge < -0.3 is 15.5 Å². The Hall–Kier alpha value is -2.33. The van der Waals surface area contributed by atoms with E-state index in [1.807, 2.05) is 30.3 Å².